The predicted molar refractivity (Wildman–Crippen MR) is 348 cm³/mol. The quantitative estimate of drug-likeness (QED) is 0.0369. The molecule has 4 heteroatoms. The molecule has 0 heterocycles. The summed E-state index contributed by atoms with van der Waals surface area (Å²) in [5.74, 6) is 9.82. The van der Waals surface area contributed by atoms with Crippen LogP contribution in [0.25, 0.3) is 86.9 Å². The molecule has 2 nitrogen and oxygen atoms in total. The molecule has 0 saturated heterocycles. The minimum atomic E-state index is -2.09. The number of benzene rings is 9. The molecule has 9 aromatic carbocycles. The van der Waals surface area contributed by atoms with Crippen molar-refractivity contribution in [2.24, 2.45) is 0 Å². The Bertz CT molecular complexity index is 3450. The van der Waals surface area contributed by atoms with Gasteiger partial charge in [-0.25, -0.2) is 0 Å². The third kappa shape index (κ3) is 10.5. The lowest BCUT2D eigenvalue weighted by Gasteiger charge is -2.38. The second-order valence-corrected chi connectivity index (χ2v) is 35.5. The largest absolute Gasteiger partial charge is 0.494 e. The molecular weight excluding hydrogens is 977 g/mol. The third-order valence-electron chi connectivity index (χ3n) is 18.0. The summed E-state index contributed by atoms with van der Waals surface area (Å²) in [5.41, 5.74) is 18.4. The number of unbranched alkanes of at least 4 members (excludes halogenated alkanes) is 4. The van der Waals surface area contributed by atoms with Crippen LogP contribution < -0.4 is 9.47 Å². The van der Waals surface area contributed by atoms with Crippen molar-refractivity contribution in [1.29, 1.82) is 0 Å². The molecule has 0 N–H and O–H groups in total. The van der Waals surface area contributed by atoms with E-state index in [1.54, 1.807) is 0 Å². The van der Waals surface area contributed by atoms with Gasteiger partial charge < -0.3 is 9.47 Å². The van der Waals surface area contributed by atoms with Crippen LogP contribution in [0.4, 0.5) is 0 Å². The third-order valence-corrected chi connectivity index (χ3v) is 30.5. The summed E-state index contributed by atoms with van der Waals surface area (Å²) < 4.78 is 13.2. The Morgan fingerprint density at radius 1 is 0.346 bits per heavy atom. The summed E-state index contributed by atoms with van der Waals surface area (Å²) in [7, 11) is -4.19. The zero-order valence-electron chi connectivity index (χ0n) is 49.6. The van der Waals surface area contributed by atoms with E-state index in [-0.39, 0.29) is 0 Å². The fraction of sp³-hybridized carbons (Fsp3) is 0.378. The number of hydrogen-bond acceptors (Lipinski definition) is 2. The van der Waals surface area contributed by atoms with Gasteiger partial charge in [-0.2, -0.15) is 0 Å². The average molecular weight is 1060 g/mol. The zero-order chi connectivity index (χ0) is 55.5. The minimum absolute atomic E-state index is 0.518. The molecule has 0 radical (unpaired) electrons. The molecule has 0 unspecified atom stereocenters. The Hall–Kier alpha value is -6.31. The van der Waals surface area contributed by atoms with Crippen LogP contribution in [0.2, 0.25) is 33.2 Å². The van der Waals surface area contributed by atoms with E-state index in [0.717, 1.165) is 61.2 Å². The summed E-state index contributed by atoms with van der Waals surface area (Å²) in [6, 6.07) is 50.4. The Morgan fingerprint density at radius 3 is 1.01 bits per heavy atom. The van der Waals surface area contributed by atoms with E-state index in [9.17, 15) is 0 Å². The van der Waals surface area contributed by atoms with Crippen molar-refractivity contribution in [3.05, 3.63) is 145 Å². The van der Waals surface area contributed by atoms with Crippen molar-refractivity contribution >= 4 is 80.8 Å². The van der Waals surface area contributed by atoms with E-state index < -0.39 is 16.1 Å². The summed E-state index contributed by atoms with van der Waals surface area (Å²) in [6.45, 7) is 34.9. The molecule has 0 saturated carbocycles. The SMILES string of the molecule is CCCCCOc1ccc2c(C#C[Si](C(C)C)(C(C)C)C(C)C)cc3c4ccc5c(cc(-c6ccccc6)c6c7cc(OCCCCC)ccc7c(C#C[Si](C(C)C)(C(C)C)C(C)C)cc56)c4cc(-c4ccccc4)c3c2c1. The highest BCUT2D eigenvalue weighted by molar-refractivity contribution is 6.91. The van der Waals surface area contributed by atoms with Crippen LogP contribution in [0, 0.1) is 22.9 Å². The van der Waals surface area contributed by atoms with Gasteiger partial charge in [0.15, 0.2) is 0 Å². The molecule has 402 valence electrons. The van der Waals surface area contributed by atoms with E-state index in [2.05, 4.69) is 253 Å². The van der Waals surface area contributed by atoms with E-state index in [1.807, 2.05) is 0 Å². The average Bonchev–Trinajstić information content (AvgIpc) is 3.16. The van der Waals surface area contributed by atoms with Crippen molar-refractivity contribution < 1.29 is 9.47 Å². The lowest BCUT2D eigenvalue weighted by Crippen LogP contribution is -2.43. The number of fused-ring (bicyclic) bond motifs is 11. The minimum Gasteiger partial charge on any atom is -0.494 e. The van der Waals surface area contributed by atoms with Crippen LogP contribution in [0.3, 0.4) is 0 Å². The summed E-state index contributed by atoms with van der Waals surface area (Å²) in [6.07, 6.45) is 6.69. The molecule has 9 rings (SSSR count). The molecule has 0 spiro atoms. The first kappa shape index (κ1) is 56.4. The second kappa shape index (κ2) is 24.0. The van der Waals surface area contributed by atoms with Gasteiger partial charge in [-0.05, 0) is 194 Å². The van der Waals surface area contributed by atoms with Crippen LogP contribution >= 0.6 is 0 Å². The Morgan fingerprint density at radius 2 is 0.679 bits per heavy atom. The highest BCUT2D eigenvalue weighted by atomic mass is 28.3. The van der Waals surface area contributed by atoms with Crippen molar-refractivity contribution in [3.8, 4) is 56.7 Å². The topological polar surface area (TPSA) is 18.5 Å². The molecule has 0 aliphatic heterocycles. The van der Waals surface area contributed by atoms with Crippen molar-refractivity contribution in [2.45, 2.75) is 169 Å². The predicted octanol–water partition coefficient (Wildman–Crippen LogP) is 22.2. The Balaban J connectivity index is 1.46. The van der Waals surface area contributed by atoms with Gasteiger partial charge in [0.25, 0.3) is 0 Å². The van der Waals surface area contributed by atoms with Gasteiger partial charge in [0.05, 0.1) is 13.2 Å². The van der Waals surface area contributed by atoms with Crippen LogP contribution in [-0.4, -0.2) is 29.4 Å². The lowest BCUT2D eigenvalue weighted by molar-refractivity contribution is 0.306. The van der Waals surface area contributed by atoms with E-state index >= 15 is 0 Å². The van der Waals surface area contributed by atoms with Gasteiger partial charge in [0.2, 0.25) is 0 Å². The first-order valence-electron chi connectivity index (χ1n) is 29.8. The maximum atomic E-state index is 6.60. The first-order valence-corrected chi connectivity index (χ1v) is 34.3. The fourth-order valence-corrected chi connectivity index (χ4v) is 24.5. The Labute approximate surface area is 470 Å². The number of rotatable bonds is 18. The molecule has 0 aliphatic carbocycles. The summed E-state index contributed by atoms with van der Waals surface area (Å²) in [5, 5.41) is 14.5. The highest BCUT2D eigenvalue weighted by Gasteiger charge is 2.43. The molecule has 0 amide bonds. The van der Waals surface area contributed by atoms with Gasteiger partial charge in [0.1, 0.15) is 27.6 Å². The van der Waals surface area contributed by atoms with Gasteiger partial charge in [-0.1, -0.05) is 207 Å². The normalized spacial score (nSPS) is 12.4. The molecule has 0 fully saturated rings. The smallest absolute Gasteiger partial charge is 0.146 e. The van der Waals surface area contributed by atoms with Gasteiger partial charge in [0, 0.05) is 11.1 Å². The molecule has 0 aromatic heterocycles. The van der Waals surface area contributed by atoms with E-state index in [0.29, 0.717) is 46.5 Å². The van der Waals surface area contributed by atoms with Crippen molar-refractivity contribution in [2.75, 3.05) is 13.2 Å². The van der Waals surface area contributed by atoms with Crippen LogP contribution in [-0.2, 0) is 0 Å². The van der Waals surface area contributed by atoms with Crippen molar-refractivity contribution in [3.63, 3.8) is 0 Å². The summed E-state index contributed by atoms with van der Waals surface area (Å²) >= 11 is 0. The first-order chi connectivity index (χ1) is 37.6. The molecule has 0 aliphatic rings. The lowest BCUT2D eigenvalue weighted by atomic mass is 9.84. The van der Waals surface area contributed by atoms with Gasteiger partial charge in [-0.15, -0.1) is 11.1 Å². The monoisotopic (exact) mass is 1060 g/mol. The molecule has 0 atom stereocenters. The fourth-order valence-electron chi connectivity index (χ4n) is 14.0. The Kier molecular flexibility index (Phi) is 17.3. The molecular formula is C74H86O2Si2. The maximum absolute atomic E-state index is 6.60. The molecule has 78 heavy (non-hydrogen) atoms. The van der Waals surface area contributed by atoms with Gasteiger partial charge in [-0.3, -0.25) is 0 Å². The zero-order valence-corrected chi connectivity index (χ0v) is 51.6. The van der Waals surface area contributed by atoms with E-state index in [1.165, 1.54) is 86.9 Å². The molecule has 0 bridgehead atoms. The second-order valence-electron chi connectivity index (χ2n) is 24.3. The summed E-state index contributed by atoms with van der Waals surface area (Å²) in [4.78, 5) is 0. The van der Waals surface area contributed by atoms with Crippen molar-refractivity contribution in [1.82, 2.24) is 0 Å². The standard InChI is InChI=1S/C74H86O2Si2/c1-15-17-25-39-75-59-31-33-61-57(37-41-77(49(3)4,50(5)6)51(7)8)43-69-63-35-36-64-68(67(63)47-65(73(69)71(61)45-59)55-27-21-19-22-28-55)48-66(56-29-23-20-24-30-56)74-70(64)44-58(38-42-78(52(9)10,53(11)12)54(13)14)62-34-32-60(46-72(62)74)76-40-26-18-16-2/h19-24,27-36,43-54H,15-18,25-26,39-40H2,1-14H3. The van der Waals surface area contributed by atoms with Crippen LogP contribution in [0.5, 0.6) is 11.5 Å². The maximum Gasteiger partial charge on any atom is 0.146 e. The molecule has 9 aromatic rings. The highest BCUT2D eigenvalue weighted by Crippen LogP contribution is 2.49. The number of ether oxygens (including phenoxy) is 2. The van der Waals surface area contributed by atoms with Crippen LogP contribution in [0.1, 0.15) is 147 Å². The van der Waals surface area contributed by atoms with Gasteiger partial charge >= 0.3 is 0 Å². The van der Waals surface area contributed by atoms with Crippen LogP contribution in [0.15, 0.2) is 133 Å². The number of hydrogen-bond donors (Lipinski definition) is 0. The van der Waals surface area contributed by atoms with E-state index in [4.69, 9.17) is 9.47 Å².